The fraction of sp³-hybridized carbons (Fsp3) is 0.278. The Morgan fingerprint density at radius 1 is 0.756 bits per heavy atom. The predicted octanol–water partition coefficient (Wildman–Crippen LogP) is 5.71. The lowest BCUT2D eigenvalue weighted by Gasteiger charge is -2.32. The van der Waals surface area contributed by atoms with Gasteiger partial charge >= 0.3 is 0 Å². The van der Waals surface area contributed by atoms with Gasteiger partial charge in [-0.25, -0.2) is 13.1 Å². The molecule has 0 bridgehead atoms. The highest BCUT2D eigenvalue weighted by molar-refractivity contribution is 7.89. The van der Waals surface area contributed by atoms with Gasteiger partial charge in [-0.2, -0.15) is 0 Å². The molecule has 5 rings (SSSR count). The molecular weight excluding hydrogens is 606 g/mol. The van der Waals surface area contributed by atoms with Gasteiger partial charge in [0.2, 0.25) is 21.8 Å². The largest absolute Gasteiger partial charge is 0.354 e. The maximum atomic E-state index is 14.0. The molecule has 1 atom stereocenters. The molecule has 1 aliphatic carbocycles. The molecule has 2 amide bonds. The minimum atomic E-state index is -3.55. The van der Waals surface area contributed by atoms with Crippen molar-refractivity contribution in [1.29, 1.82) is 0 Å². The van der Waals surface area contributed by atoms with E-state index >= 15 is 0 Å². The Hall–Kier alpha value is -3.98. The van der Waals surface area contributed by atoms with E-state index in [1.165, 1.54) is 0 Å². The van der Waals surface area contributed by atoms with Crippen LogP contribution < -0.4 is 10.0 Å². The standard InChI is InChI=1S/C36H38ClN3O4S/c37-31-16-11-30(12-17-31)26-40(35(41)22-15-28-13-20-33(21-14-28)45(43,44)39-32-18-19-32)34(25-29-9-5-2-6-10-29)36(42)38-24-23-27-7-3-1-4-8-27/h1-14,16-17,20-21,32,34,39H,15,18-19,22-26H2,(H,38,42)/t34-/m0/s1. The van der Waals surface area contributed by atoms with Crippen LogP contribution >= 0.6 is 11.6 Å². The van der Waals surface area contributed by atoms with Gasteiger partial charge in [0.15, 0.2) is 0 Å². The molecule has 0 radical (unpaired) electrons. The van der Waals surface area contributed by atoms with Crippen LogP contribution in [0.1, 0.15) is 41.5 Å². The summed E-state index contributed by atoms with van der Waals surface area (Å²) >= 11 is 6.14. The lowest BCUT2D eigenvalue weighted by Crippen LogP contribution is -2.50. The fourth-order valence-electron chi connectivity index (χ4n) is 5.15. The average Bonchev–Trinajstić information content (AvgIpc) is 3.87. The molecule has 9 heteroatoms. The molecule has 0 saturated heterocycles. The summed E-state index contributed by atoms with van der Waals surface area (Å²) in [6, 6.07) is 32.9. The molecule has 0 spiro atoms. The lowest BCUT2D eigenvalue weighted by atomic mass is 10.0. The third-order valence-electron chi connectivity index (χ3n) is 7.85. The highest BCUT2D eigenvalue weighted by Crippen LogP contribution is 2.23. The van der Waals surface area contributed by atoms with Gasteiger partial charge in [-0.1, -0.05) is 96.5 Å². The first-order valence-electron chi connectivity index (χ1n) is 15.3. The van der Waals surface area contributed by atoms with Crippen molar-refractivity contribution >= 4 is 33.4 Å². The Morgan fingerprint density at radius 2 is 1.33 bits per heavy atom. The molecule has 45 heavy (non-hydrogen) atoms. The number of carbonyl (C=O) groups excluding carboxylic acids is 2. The van der Waals surface area contributed by atoms with Crippen molar-refractivity contribution in [2.24, 2.45) is 0 Å². The van der Waals surface area contributed by atoms with Gasteiger partial charge in [-0.15, -0.1) is 0 Å². The van der Waals surface area contributed by atoms with Crippen LogP contribution in [0.25, 0.3) is 0 Å². The molecule has 4 aromatic rings. The first-order chi connectivity index (χ1) is 21.8. The summed E-state index contributed by atoms with van der Waals surface area (Å²) in [5.74, 6) is -0.383. The zero-order valence-electron chi connectivity index (χ0n) is 25.1. The van der Waals surface area contributed by atoms with Gasteiger partial charge in [0.1, 0.15) is 6.04 Å². The highest BCUT2D eigenvalue weighted by atomic mass is 35.5. The molecule has 4 aromatic carbocycles. The van der Waals surface area contributed by atoms with Crippen LogP contribution in [-0.4, -0.2) is 43.8 Å². The summed E-state index contributed by atoms with van der Waals surface area (Å²) in [6.45, 7) is 0.686. The third kappa shape index (κ3) is 9.75. The monoisotopic (exact) mass is 643 g/mol. The molecule has 0 aromatic heterocycles. The van der Waals surface area contributed by atoms with E-state index in [2.05, 4.69) is 10.0 Å². The number of nitrogens with one attached hydrogen (secondary N) is 2. The van der Waals surface area contributed by atoms with Crippen molar-refractivity contribution in [3.05, 3.63) is 136 Å². The topological polar surface area (TPSA) is 95.6 Å². The van der Waals surface area contributed by atoms with E-state index in [0.717, 1.165) is 35.1 Å². The summed E-state index contributed by atoms with van der Waals surface area (Å²) in [5.41, 5.74) is 3.77. The van der Waals surface area contributed by atoms with E-state index < -0.39 is 16.1 Å². The third-order valence-corrected chi connectivity index (χ3v) is 9.64. The molecule has 7 nitrogen and oxygen atoms in total. The Kier molecular flexibility index (Phi) is 11.1. The predicted molar refractivity (Wildman–Crippen MR) is 177 cm³/mol. The van der Waals surface area contributed by atoms with Crippen LogP contribution in [0.5, 0.6) is 0 Å². The number of sulfonamides is 1. The van der Waals surface area contributed by atoms with E-state index in [9.17, 15) is 18.0 Å². The SMILES string of the molecule is O=C(NCCc1ccccc1)[C@H](Cc1ccccc1)N(Cc1ccc(Cl)cc1)C(=O)CCc1ccc(S(=O)(=O)NC2CC2)cc1. The number of hydrogen-bond acceptors (Lipinski definition) is 4. The van der Waals surface area contributed by atoms with E-state index in [1.807, 2.05) is 72.8 Å². The van der Waals surface area contributed by atoms with Crippen LogP contribution in [0, 0.1) is 0 Å². The van der Waals surface area contributed by atoms with Crippen LogP contribution in [0.4, 0.5) is 0 Å². The van der Waals surface area contributed by atoms with E-state index in [4.69, 9.17) is 11.6 Å². The van der Waals surface area contributed by atoms with Gasteiger partial charge in [0.25, 0.3) is 0 Å². The number of amides is 2. The van der Waals surface area contributed by atoms with Gasteiger partial charge in [0.05, 0.1) is 4.90 Å². The number of halogens is 1. The smallest absolute Gasteiger partial charge is 0.243 e. The van der Waals surface area contributed by atoms with Crippen molar-refractivity contribution < 1.29 is 18.0 Å². The highest BCUT2D eigenvalue weighted by Gasteiger charge is 2.30. The van der Waals surface area contributed by atoms with Crippen molar-refractivity contribution in [3.63, 3.8) is 0 Å². The summed E-state index contributed by atoms with van der Waals surface area (Å²) in [7, 11) is -3.55. The molecule has 0 unspecified atom stereocenters. The first-order valence-corrected chi connectivity index (χ1v) is 17.1. The molecule has 2 N–H and O–H groups in total. The van der Waals surface area contributed by atoms with Gasteiger partial charge < -0.3 is 10.2 Å². The Balaban J connectivity index is 1.33. The summed E-state index contributed by atoms with van der Waals surface area (Å²) in [4.78, 5) is 29.7. The lowest BCUT2D eigenvalue weighted by molar-refractivity contribution is -0.141. The molecule has 0 heterocycles. The van der Waals surface area contributed by atoms with Crippen molar-refractivity contribution in [3.8, 4) is 0 Å². The Morgan fingerprint density at radius 3 is 1.96 bits per heavy atom. The quantitative estimate of drug-likeness (QED) is 0.173. The fourth-order valence-corrected chi connectivity index (χ4v) is 6.58. The van der Waals surface area contributed by atoms with Crippen molar-refractivity contribution in [2.45, 2.75) is 62.0 Å². The van der Waals surface area contributed by atoms with Gasteiger partial charge in [-0.05, 0) is 72.2 Å². The second-order valence-corrected chi connectivity index (χ2v) is 13.6. The zero-order chi connectivity index (χ0) is 31.6. The average molecular weight is 644 g/mol. The van der Waals surface area contributed by atoms with Crippen molar-refractivity contribution in [2.75, 3.05) is 6.54 Å². The van der Waals surface area contributed by atoms with Crippen LogP contribution in [0.3, 0.4) is 0 Å². The van der Waals surface area contributed by atoms with Gasteiger partial charge in [0, 0.05) is 37.0 Å². The summed E-state index contributed by atoms with van der Waals surface area (Å²) < 4.78 is 27.8. The summed E-state index contributed by atoms with van der Waals surface area (Å²) in [6.07, 6.45) is 3.32. The second-order valence-electron chi connectivity index (χ2n) is 11.4. The van der Waals surface area contributed by atoms with E-state index in [1.54, 1.807) is 41.3 Å². The number of nitrogens with zero attached hydrogens (tertiary/aromatic N) is 1. The van der Waals surface area contributed by atoms with Crippen LogP contribution in [0.15, 0.2) is 114 Å². The molecule has 0 aliphatic heterocycles. The maximum absolute atomic E-state index is 14.0. The van der Waals surface area contributed by atoms with Crippen LogP contribution in [0.2, 0.25) is 5.02 Å². The zero-order valence-corrected chi connectivity index (χ0v) is 26.6. The molecule has 234 valence electrons. The van der Waals surface area contributed by atoms with Crippen molar-refractivity contribution in [1.82, 2.24) is 14.9 Å². The normalized spacial score (nSPS) is 13.6. The Labute approximate surface area is 270 Å². The molecular formula is C36H38ClN3O4S. The van der Waals surface area contributed by atoms with Gasteiger partial charge in [-0.3, -0.25) is 9.59 Å². The minimum absolute atomic E-state index is 0.0262. The number of benzene rings is 4. The number of hydrogen-bond donors (Lipinski definition) is 2. The second kappa shape index (κ2) is 15.3. The molecule has 1 fully saturated rings. The minimum Gasteiger partial charge on any atom is -0.354 e. The van der Waals surface area contributed by atoms with E-state index in [0.29, 0.717) is 30.8 Å². The molecule has 1 saturated carbocycles. The summed E-state index contributed by atoms with van der Waals surface area (Å²) in [5, 5.41) is 3.67. The number of rotatable bonds is 15. The maximum Gasteiger partial charge on any atom is 0.243 e. The Bertz CT molecular complexity index is 1660. The van der Waals surface area contributed by atoms with Crippen LogP contribution in [-0.2, 0) is 45.4 Å². The first kappa shape index (κ1) is 32.4. The number of aryl methyl sites for hydroxylation is 1. The number of carbonyl (C=O) groups is 2. The molecule has 1 aliphatic rings. The van der Waals surface area contributed by atoms with E-state index in [-0.39, 0.29) is 35.7 Å².